The summed E-state index contributed by atoms with van der Waals surface area (Å²) in [6, 6.07) is 3.49. The molecule has 0 unspecified atom stereocenters. The molecule has 0 bridgehead atoms. The van der Waals surface area contributed by atoms with Gasteiger partial charge >= 0.3 is 0 Å². The van der Waals surface area contributed by atoms with Crippen LogP contribution in [0.1, 0.15) is 24.8 Å². The summed E-state index contributed by atoms with van der Waals surface area (Å²) in [7, 11) is 0. The average Bonchev–Trinajstić information content (AvgIpc) is 2.36. The SMILES string of the molecule is CCN1C[C@H](c2cccc(F)c2F)C[C@H](N)C1=O.Cl. The van der Waals surface area contributed by atoms with E-state index in [4.69, 9.17) is 5.73 Å². The van der Waals surface area contributed by atoms with Gasteiger partial charge in [-0.3, -0.25) is 4.79 Å². The molecule has 1 aliphatic heterocycles. The highest BCUT2D eigenvalue weighted by Crippen LogP contribution is 2.29. The van der Waals surface area contributed by atoms with Gasteiger partial charge in [-0.1, -0.05) is 12.1 Å². The van der Waals surface area contributed by atoms with Gasteiger partial charge in [0, 0.05) is 19.0 Å². The number of nitrogens with zero attached hydrogens (tertiary/aromatic N) is 1. The molecule has 1 saturated heterocycles. The fourth-order valence-corrected chi connectivity index (χ4v) is 2.42. The summed E-state index contributed by atoms with van der Waals surface area (Å²) in [4.78, 5) is 13.3. The Morgan fingerprint density at radius 2 is 2.11 bits per heavy atom. The van der Waals surface area contributed by atoms with Gasteiger partial charge in [0.15, 0.2) is 11.6 Å². The minimum Gasteiger partial charge on any atom is -0.341 e. The van der Waals surface area contributed by atoms with Gasteiger partial charge in [0.05, 0.1) is 6.04 Å². The van der Waals surface area contributed by atoms with Crippen LogP contribution in [-0.4, -0.2) is 29.9 Å². The van der Waals surface area contributed by atoms with Crippen molar-refractivity contribution >= 4 is 18.3 Å². The van der Waals surface area contributed by atoms with Crippen LogP contribution < -0.4 is 5.73 Å². The fraction of sp³-hybridized carbons (Fsp3) is 0.462. The van der Waals surface area contributed by atoms with Crippen LogP contribution in [0.4, 0.5) is 8.78 Å². The van der Waals surface area contributed by atoms with Crippen molar-refractivity contribution in [2.24, 2.45) is 5.73 Å². The Morgan fingerprint density at radius 3 is 2.74 bits per heavy atom. The number of amides is 1. The Labute approximate surface area is 117 Å². The van der Waals surface area contributed by atoms with E-state index in [0.717, 1.165) is 6.07 Å². The summed E-state index contributed by atoms with van der Waals surface area (Å²) < 4.78 is 26.9. The van der Waals surface area contributed by atoms with Gasteiger partial charge in [0.25, 0.3) is 0 Å². The maximum absolute atomic E-state index is 13.7. The predicted octanol–water partition coefficient (Wildman–Crippen LogP) is 2.05. The Kier molecular flexibility index (Phi) is 5.26. The van der Waals surface area contributed by atoms with Crippen molar-refractivity contribution in [1.29, 1.82) is 0 Å². The number of hydrogen-bond acceptors (Lipinski definition) is 2. The minimum atomic E-state index is -0.860. The molecular formula is C13H17ClF2N2O. The van der Waals surface area contributed by atoms with Crippen molar-refractivity contribution in [2.75, 3.05) is 13.1 Å². The molecule has 2 N–H and O–H groups in total. The number of rotatable bonds is 2. The van der Waals surface area contributed by atoms with E-state index in [2.05, 4.69) is 0 Å². The maximum atomic E-state index is 13.7. The Balaban J connectivity index is 0.00000180. The van der Waals surface area contributed by atoms with Gasteiger partial charge in [0.2, 0.25) is 5.91 Å². The van der Waals surface area contributed by atoms with Crippen LogP contribution in [0.25, 0.3) is 0 Å². The topological polar surface area (TPSA) is 46.3 Å². The first-order valence-corrected chi connectivity index (χ1v) is 6.02. The van der Waals surface area contributed by atoms with Crippen LogP contribution in [0.2, 0.25) is 0 Å². The molecule has 0 aliphatic carbocycles. The van der Waals surface area contributed by atoms with E-state index in [9.17, 15) is 13.6 Å². The lowest BCUT2D eigenvalue weighted by atomic mass is 9.87. The zero-order valence-electron chi connectivity index (χ0n) is 10.6. The average molecular weight is 291 g/mol. The molecule has 1 aliphatic rings. The van der Waals surface area contributed by atoms with E-state index >= 15 is 0 Å². The number of carbonyl (C=O) groups is 1. The molecule has 0 aromatic heterocycles. The van der Waals surface area contributed by atoms with Gasteiger partial charge in [-0.15, -0.1) is 12.4 Å². The first-order chi connectivity index (χ1) is 8.54. The van der Waals surface area contributed by atoms with Crippen LogP contribution >= 0.6 is 12.4 Å². The van der Waals surface area contributed by atoms with Crippen molar-refractivity contribution in [3.63, 3.8) is 0 Å². The number of benzene rings is 1. The summed E-state index contributed by atoms with van der Waals surface area (Å²) in [5.41, 5.74) is 6.05. The predicted molar refractivity (Wildman–Crippen MR) is 71.2 cm³/mol. The molecule has 1 fully saturated rings. The molecule has 0 saturated carbocycles. The van der Waals surface area contributed by atoms with Crippen molar-refractivity contribution in [3.05, 3.63) is 35.4 Å². The van der Waals surface area contributed by atoms with E-state index in [0.29, 0.717) is 25.1 Å². The molecular weight excluding hydrogens is 274 g/mol. The third kappa shape index (κ3) is 3.04. The summed E-state index contributed by atoms with van der Waals surface area (Å²) in [6.45, 7) is 2.76. The van der Waals surface area contributed by atoms with Crippen molar-refractivity contribution in [1.82, 2.24) is 4.90 Å². The quantitative estimate of drug-likeness (QED) is 0.906. The molecule has 6 heteroatoms. The summed E-state index contributed by atoms with van der Waals surface area (Å²) in [5, 5.41) is 0. The second kappa shape index (κ2) is 6.30. The zero-order chi connectivity index (χ0) is 13.3. The van der Waals surface area contributed by atoms with E-state index < -0.39 is 17.7 Å². The molecule has 1 aromatic carbocycles. The number of halogens is 3. The fourth-order valence-electron chi connectivity index (χ4n) is 2.42. The first-order valence-electron chi connectivity index (χ1n) is 6.02. The smallest absolute Gasteiger partial charge is 0.239 e. The van der Waals surface area contributed by atoms with Crippen LogP contribution in [0.5, 0.6) is 0 Å². The second-order valence-electron chi connectivity index (χ2n) is 4.56. The molecule has 1 aromatic rings. The van der Waals surface area contributed by atoms with Gasteiger partial charge in [-0.25, -0.2) is 8.78 Å². The van der Waals surface area contributed by atoms with E-state index in [-0.39, 0.29) is 24.2 Å². The summed E-state index contributed by atoms with van der Waals surface area (Å²) in [5.74, 6) is -2.06. The second-order valence-corrected chi connectivity index (χ2v) is 4.56. The lowest BCUT2D eigenvalue weighted by Crippen LogP contribution is -2.51. The van der Waals surface area contributed by atoms with Crippen molar-refractivity contribution < 1.29 is 13.6 Å². The van der Waals surface area contributed by atoms with Gasteiger partial charge < -0.3 is 10.6 Å². The molecule has 3 nitrogen and oxygen atoms in total. The molecule has 0 radical (unpaired) electrons. The largest absolute Gasteiger partial charge is 0.341 e. The van der Waals surface area contributed by atoms with E-state index in [1.165, 1.54) is 6.07 Å². The number of nitrogens with two attached hydrogens (primary N) is 1. The molecule has 2 rings (SSSR count). The molecule has 1 amide bonds. The van der Waals surface area contributed by atoms with Crippen LogP contribution in [0.15, 0.2) is 18.2 Å². The van der Waals surface area contributed by atoms with Gasteiger partial charge in [-0.2, -0.15) is 0 Å². The highest BCUT2D eigenvalue weighted by molar-refractivity contribution is 5.85. The van der Waals surface area contributed by atoms with Crippen LogP contribution in [0, 0.1) is 11.6 Å². The van der Waals surface area contributed by atoms with Crippen LogP contribution in [0.3, 0.4) is 0 Å². The number of hydrogen-bond donors (Lipinski definition) is 1. The number of likely N-dealkylation sites (N-methyl/N-ethyl adjacent to an activating group) is 1. The highest BCUT2D eigenvalue weighted by Gasteiger charge is 2.33. The number of piperidine rings is 1. The Morgan fingerprint density at radius 1 is 1.42 bits per heavy atom. The molecule has 106 valence electrons. The normalized spacial score (nSPS) is 23.2. The lowest BCUT2D eigenvalue weighted by molar-refractivity contribution is -0.135. The molecule has 0 spiro atoms. The third-order valence-electron chi connectivity index (χ3n) is 3.41. The van der Waals surface area contributed by atoms with E-state index in [1.807, 2.05) is 6.92 Å². The summed E-state index contributed by atoms with van der Waals surface area (Å²) in [6.07, 6.45) is 0.357. The van der Waals surface area contributed by atoms with Crippen molar-refractivity contribution in [2.45, 2.75) is 25.3 Å². The highest BCUT2D eigenvalue weighted by atomic mass is 35.5. The summed E-state index contributed by atoms with van der Waals surface area (Å²) >= 11 is 0. The first kappa shape index (κ1) is 15.9. The molecule has 1 heterocycles. The lowest BCUT2D eigenvalue weighted by Gasteiger charge is -2.35. The molecule has 2 atom stereocenters. The maximum Gasteiger partial charge on any atom is 0.239 e. The minimum absolute atomic E-state index is 0. The standard InChI is InChI=1S/C13H16F2N2O.ClH/c1-2-17-7-8(6-11(16)13(17)18)9-4-3-5-10(14)12(9)15;/h3-5,8,11H,2,6-7,16H2,1H3;1H/t8-,11+;/m1./s1. The van der Waals surface area contributed by atoms with Crippen LogP contribution in [-0.2, 0) is 4.79 Å². The zero-order valence-corrected chi connectivity index (χ0v) is 11.4. The Hall–Kier alpha value is -1.20. The molecule has 19 heavy (non-hydrogen) atoms. The van der Waals surface area contributed by atoms with Crippen molar-refractivity contribution in [3.8, 4) is 0 Å². The third-order valence-corrected chi connectivity index (χ3v) is 3.41. The van der Waals surface area contributed by atoms with E-state index in [1.54, 1.807) is 11.0 Å². The number of carbonyl (C=O) groups excluding carboxylic acids is 1. The monoisotopic (exact) mass is 290 g/mol. The number of likely N-dealkylation sites (tertiary alicyclic amines) is 1. The van der Waals surface area contributed by atoms with Gasteiger partial charge in [0.1, 0.15) is 0 Å². The van der Waals surface area contributed by atoms with Gasteiger partial charge in [-0.05, 0) is 25.0 Å². The Bertz CT molecular complexity index is 470.